The number of sulfonamides is 1. The summed E-state index contributed by atoms with van der Waals surface area (Å²) in [5.41, 5.74) is 2.85. The number of nitrogens with one attached hydrogen (secondary N) is 1. The molecule has 0 spiro atoms. The Kier molecular flexibility index (Phi) is 9.19. The zero-order chi connectivity index (χ0) is 24.8. The SMILES string of the molecule is CC[C@@H](C(=O)NC(C)C)N(Cc1ccccc1C)C(=O)CN(C)S(=O)(=O)c1ccc(C)cc1. The number of carbonyl (C=O) groups excluding carboxylic acids is 2. The number of likely N-dealkylation sites (N-methyl/N-ethyl adjacent to an activating group) is 1. The summed E-state index contributed by atoms with van der Waals surface area (Å²) < 4.78 is 27.1. The molecule has 0 bridgehead atoms. The lowest BCUT2D eigenvalue weighted by atomic mass is 10.1. The molecule has 2 aromatic rings. The number of nitrogens with zero attached hydrogens (tertiary/aromatic N) is 2. The molecule has 0 aliphatic rings. The molecule has 2 amide bonds. The maximum atomic E-state index is 13.4. The van der Waals surface area contributed by atoms with Gasteiger partial charge in [-0.05, 0) is 57.4 Å². The van der Waals surface area contributed by atoms with Gasteiger partial charge in [-0.15, -0.1) is 0 Å². The van der Waals surface area contributed by atoms with Gasteiger partial charge in [0.05, 0.1) is 11.4 Å². The van der Waals surface area contributed by atoms with E-state index in [1.807, 2.05) is 58.9 Å². The van der Waals surface area contributed by atoms with Gasteiger partial charge in [-0.3, -0.25) is 9.59 Å². The molecule has 0 heterocycles. The average molecular weight is 474 g/mol. The Hall–Kier alpha value is -2.71. The molecular weight excluding hydrogens is 438 g/mol. The van der Waals surface area contributed by atoms with Crippen molar-refractivity contribution in [3.05, 3.63) is 65.2 Å². The fraction of sp³-hybridized carbons (Fsp3) is 0.440. The number of carbonyl (C=O) groups is 2. The molecule has 0 unspecified atom stereocenters. The summed E-state index contributed by atoms with van der Waals surface area (Å²) in [5.74, 6) is -0.680. The predicted molar refractivity (Wildman–Crippen MR) is 130 cm³/mol. The molecular formula is C25H35N3O4S. The second kappa shape index (κ2) is 11.4. The number of benzene rings is 2. The molecule has 180 valence electrons. The highest BCUT2D eigenvalue weighted by Gasteiger charge is 2.32. The monoisotopic (exact) mass is 473 g/mol. The maximum Gasteiger partial charge on any atom is 0.243 e. The Morgan fingerprint density at radius 2 is 1.61 bits per heavy atom. The summed E-state index contributed by atoms with van der Waals surface area (Å²) in [6, 6.07) is 13.4. The van der Waals surface area contributed by atoms with Crippen LogP contribution in [0.5, 0.6) is 0 Å². The van der Waals surface area contributed by atoms with E-state index in [0.717, 1.165) is 21.0 Å². The molecule has 0 aliphatic heterocycles. The summed E-state index contributed by atoms with van der Waals surface area (Å²) in [4.78, 5) is 27.9. The number of aryl methyl sites for hydroxylation is 2. The van der Waals surface area contributed by atoms with Gasteiger partial charge in [-0.25, -0.2) is 8.42 Å². The van der Waals surface area contributed by atoms with Crippen molar-refractivity contribution >= 4 is 21.8 Å². The minimum atomic E-state index is -3.85. The molecule has 7 nitrogen and oxygen atoms in total. The van der Waals surface area contributed by atoms with Crippen molar-refractivity contribution < 1.29 is 18.0 Å². The van der Waals surface area contributed by atoms with Gasteiger partial charge in [0.15, 0.2) is 0 Å². The molecule has 8 heteroatoms. The van der Waals surface area contributed by atoms with Gasteiger partial charge >= 0.3 is 0 Å². The Morgan fingerprint density at radius 3 is 2.15 bits per heavy atom. The first-order valence-electron chi connectivity index (χ1n) is 11.1. The lowest BCUT2D eigenvalue weighted by Crippen LogP contribution is -2.52. The second-order valence-corrected chi connectivity index (χ2v) is 10.7. The highest BCUT2D eigenvalue weighted by molar-refractivity contribution is 7.89. The van der Waals surface area contributed by atoms with Gasteiger partial charge in [-0.1, -0.05) is 48.9 Å². The zero-order valence-corrected chi connectivity index (χ0v) is 21.1. The second-order valence-electron chi connectivity index (χ2n) is 8.61. The third-order valence-corrected chi connectivity index (χ3v) is 7.32. The first-order chi connectivity index (χ1) is 15.5. The summed E-state index contributed by atoms with van der Waals surface area (Å²) >= 11 is 0. The van der Waals surface area contributed by atoms with Gasteiger partial charge < -0.3 is 10.2 Å². The molecule has 0 fully saturated rings. The van der Waals surface area contributed by atoms with Crippen molar-refractivity contribution in [1.82, 2.24) is 14.5 Å². The molecule has 2 rings (SSSR count). The first-order valence-corrected chi connectivity index (χ1v) is 12.6. The Morgan fingerprint density at radius 1 is 1.00 bits per heavy atom. The Balaban J connectivity index is 2.34. The smallest absolute Gasteiger partial charge is 0.243 e. The van der Waals surface area contributed by atoms with E-state index < -0.39 is 22.0 Å². The van der Waals surface area contributed by atoms with Crippen LogP contribution in [0, 0.1) is 13.8 Å². The molecule has 0 aromatic heterocycles. The minimum Gasteiger partial charge on any atom is -0.352 e. The quantitative estimate of drug-likeness (QED) is 0.574. The lowest BCUT2D eigenvalue weighted by Gasteiger charge is -2.32. The first kappa shape index (κ1) is 26.5. The number of rotatable bonds is 10. The van der Waals surface area contributed by atoms with E-state index in [0.29, 0.717) is 6.42 Å². The van der Waals surface area contributed by atoms with Crippen LogP contribution in [0.25, 0.3) is 0 Å². The molecule has 0 saturated carbocycles. The number of amides is 2. The van der Waals surface area contributed by atoms with Crippen LogP contribution >= 0.6 is 0 Å². The molecule has 2 aromatic carbocycles. The van der Waals surface area contributed by atoms with Crippen LogP contribution < -0.4 is 5.32 Å². The maximum absolute atomic E-state index is 13.4. The molecule has 1 N–H and O–H groups in total. The van der Waals surface area contributed by atoms with Crippen LogP contribution in [-0.4, -0.2) is 55.1 Å². The predicted octanol–water partition coefficient (Wildman–Crippen LogP) is 3.26. The number of hydrogen-bond acceptors (Lipinski definition) is 4. The Bertz CT molecular complexity index is 1070. The Labute approximate surface area is 197 Å². The average Bonchev–Trinajstić information content (AvgIpc) is 2.74. The van der Waals surface area contributed by atoms with Gasteiger partial charge in [0, 0.05) is 19.6 Å². The number of hydrogen-bond donors (Lipinski definition) is 1. The van der Waals surface area contributed by atoms with E-state index in [-0.39, 0.29) is 29.9 Å². The normalized spacial score (nSPS) is 12.6. The van der Waals surface area contributed by atoms with Gasteiger partial charge in [-0.2, -0.15) is 4.31 Å². The molecule has 0 aliphatic carbocycles. The highest BCUT2D eigenvalue weighted by Crippen LogP contribution is 2.18. The van der Waals surface area contributed by atoms with E-state index in [4.69, 9.17) is 0 Å². The third kappa shape index (κ3) is 6.88. The standard InChI is InChI=1S/C25H35N3O4S/c1-7-23(25(30)26-18(2)3)28(16-21-11-9-8-10-20(21)5)24(29)17-27(6)33(31,32)22-14-12-19(4)13-15-22/h8-15,18,23H,7,16-17H2,1-6H3,(H,26,30)/t23-/m0/s1. The van der Waals surface area contributed by atoms with Crippen molar-refractivity contribution in [3.8, 4) is 0 Å². The summed E-state index contributed by atoms with van der Waals surface area (Å²) in [6.45, 7) is 9.23. The molecule has 0 saturated heterocycles. The van der Waals surface area contributed by atoms with Crippen molar-refractivity contribution in [2.45, 2.75) is 64.6 Å². The topological polar surface area (TPSA) is 86.8 Å². The zero-order valence-electron chi connectivity index (χ0n) is 20.3. The highest BCUT2D eigenvalue weighted by atomic mass is 32.2. The summed E-state index contributed by atoms with van der Waals surface area (Å²) in [6.07, 6.45) is 0.407. The molecule has 33 heavy (non-hydrogen) atoms. The fourth-order valence-electron chi connectivity index (χ4n) is 3.53. The van der Waals surface area contributed by atoms with Crippen molar-refractivity contribution in [1.29, 1.82) is 0 Å². The van der Waals surface area contributed by atoms with Crippen LogP contribution in [-0.2, 0) is 26.2 Å². The van der Waals surface area contributed by atoms with Gasteiger partial charge in [0.1, 0.15) is 6.04 Å². The van der Waals surface area contributed by atoms with Crippen molar-refractivity contribution in [2.24, 2.45) is 0 Å². The van der Waals surface area contributed by atoms with Crippen LogP contribution in [0.1, 0.15) is 43.9 Å². The molecule has 0 radical (unpaired) electrons. The van der Waals surface area contributed by atoms with Crippen LogP contribution in [0.15, 0.2) is 53.4 Å². The van der Waals surface area contributed by atoms with E-state index >= 15 is 0 Å². The minimum absolute atomic E-state index is 0.0773. The van der Waals surface area contributed by atoms with E-state index in [9.17, 15) is 18.0 Å². The van der Waals surface area contributed by atoms with E-state index in [2.05, 4.69) is 5.32 Å². The summed E-state index contributed by atoms with van der Waals surface area (Å²) in [7, 11) is -2.47. The van der Waals surface area contributed by atoms with Crippen LogP contribution in [0.3, 0.4) is 0 Å². The largest absolute Gasteiger partial charge is 0.352 e. The van der Waals surface area contributed by atoms with Gasteiger partial charge in [0.25, 0.3) is 0 Å². The lowest BCUT2D eigenvalue weighted by molar-refractivity contribution is -0.141. The van der Waals surface area contributed by atoms with E-state index in [1.54, 1.807) is 12.1 Å². The van der Waals surface area contributed by atoms with Crippen molar-refractivity contribution in [3.63, 3.8) is 0 Å². The third-order valence-electron chi connectivity index (χ3n) is 5.51. The van der Waals surface area contributed by atoms with E-state index in [1.165, 1.54) is 24.1 Å². The molecule has 1 atom stereocenters. The van der Waals surface area contributed by atoms with Crippen molar-refractivity contribution in [2.75, 3.05) is 13.6 Å². The van der Waals surface area contributed by atoms with Crippen LogP contribution in [0.2, 0.25) is 0 Å². The summed E-state index contributed by atoms with van der Waals surface area (Å²) in [5, 5.41) is 2.88. The van der Waals surface area contributed by atoms with Gasteiger partial charge in [0.2, 0.25) is 21.8 Å². The fourth-order valence-corrected chi connectivity index (χ4v) is 4.65. The van der Waals surface area contributed by atoms with Crippen LogP contribution in [0.4, 0.5) is 0 Å².